The van der Waals surface area contributed by atoms with Crippen molar-refractivity contribution in [3.8, 4) is 44.7 Å². The molecule has 0 aliphatic heterocycles. The molecule has 12 aromatic carbocycles. The van der Waals surface area contributed by atoms with Crippen LogP contribution in [0.4, 0.5) is 17.1 Å². The number of nitrogens with zero attached hydrogens (tertiary/aromatic N) is 1. The predicted octanol–water partition coefficient (Wildman–Crippen LogP) is 18.3. The smallest absolute Gasteiger partial charge is 0.135 e. The Kier molecular flexibility index (Phi) is 8.89. The van der Waals surface area contributed by atoms with E-state index >= 15 is 0 Å². The SMILES string of the molecule is c1cc(-c2ccc3cc(N(c4ccc(-c5ccc6c(ccc7ccccc76)c5)cc4)c4ccc(-c5ccc6c(ccc7ccccc76)c5)cc4)ccc3c2)cc(-c2cc3ccccc3o2)c1. The summed E-state index contributed by atoms with van der Waals surface area (Å²) in [6.45, 7) is 0. The first-order chi connectivity index (χ1) is 32.6. The van der Waals surface area contributed by atoms with Crippen LogP contribution in [0.1, 0.15) is 0 Å². The Morgan fingerprint density at radius 1 is 0.227 bits per heavy atom. The maximum atomic E-state index is 6.23. The summed E-state index contributed by atoms with van der Waals surface area (Å²) < 4.78 is 6.23. The van der Waals surface area contributed by atoms with Gasteiger partial charge in [0.1, 0.15) is 11.3 Å². The Morgan fingerprint density at radius 2 is 0.652 bits per heavy atom. The average Bonchev–Trinajstić information content (AvgIpc) is 3.83. The van der Waals surface area contributed by atoms with Crippen LogP contribution in [0.15, 0.2) is 253 Å². The molecule has 0 unspecified atom stereocenters. The Balaban J connectivity index is 0.861. The van der Waals surface area contributed by atoms with Crippen molar-refractivity contribution in [1.82, 2.24) is 0 Å². The van der Waals surface area contributed by atoms with Crippen molar-refractivity contribution in [1.29, 1.82) is 0 Å². The maximum Gasteiger partial charge on any atom is 0.135 e. The fraction of sp³-hybridized carbons (Fsp3) is 0. The fourth-order valence-electron chi connectivity index (χ4n) is 9.97. The molecule has 1 heterocycles. The number of anilines is 3. The largest absolute Gasteiger partial charge is 0.456 e. The van der Waals surface area contributed by atoms with Crippen LogP contribution in [0.2, 0.25) is 0 Å². The molecule has 2 nitrogen and oxygen atoms in total. The molecule has 13 aromatic rings. The summed E-state index contributed by atoms with van der Waals surface area (Å²) in [5, 5.41) is 13.6. The number of fused-ring (bicyclic) bond motifs is 8. The summed E-state index contributed by atoms with van der Waals surface area (Å²) in [6.07, 6.45) is 0. The van der Waals surface area contributed by atoms with Gasteiger partial charge in [-0.25, -0.2) is 0 Å². The number of para-hydroxylation sites is 1. The predicted molar refractivity (Wildman–Crippen MR) is 280 cm³/mol. The number of hydrogen-bond acceptors (Lipinski definition) is 2. The molecular formula is C64H41NO. The van der Waals surface area contributed by atoms with Crippen LogP contribution in [-0.4, -0.2) is 0 Å². The van der Waals surface area contributed by atoms with E-state index in [0.29, 0.717) is 0 Å². The van der Waals surface area contributed by atoms with Gasteiger partial charge in [0, 0.05) is 28.0 Å². The summed E-state index contributed by atoms with van der Waals surface area (Å²) >= 11 is 0. The minimum Gasteiger partial charge on any atom is -0.456 e. The first-order valence-corrected chi connectivity index (χ1v) is 22.6. The van der Waals surface area contributed by atoms with Crippen molar-refractivity contribution >= 4 is 81.9 Å². The zero-order valence-electron chi connectivity index (χ0n) is 36.0. The highest BCUT2D eigenvalue weighted by atomic mass is 16.3. The van der Waals surface area contributed by atoms with Crippen LogP contribution >= 0.6 is 0 Å². The number of furan rings is 1. The van der Waals surface area contributed by atoms with Gasteiger partial charge in [-0.05, 0) is 160 Å². The molecule has 0 radical (unpaired) electrons. The summed E-state index contributed by atoms with van der Waals surface area (Å²) in [5.41, 5.74) is 12.3. The molecular weight excluding hydrogens is 799 g/mol. The quantitative estimate of drug-likeness (QED) is 0.149. The second kappa shape index (κ2) is 15.5. The lowest BCUT2D eigenvalue weighted by molar-refractivity contribution is 0.631. The third-order valence-corrected chi connectivity index (χ3v) is 13.4. The van der Waals surface area contributed by atoms with Gasteiger partial charge in [0.2, 0.25) is 0 Å². The summed E-state index contributed by atoms with van der Waals surface area (Å²) in [4.78, 5) is 2.37. The summed E-state index contributed by atoms with van der Waals surface area (Å²) in [5.74, 6) is 0.877. The standard InChI is InChI=1S/C64H41NO/c1-4-13-59-44(8-1)16-20-52-37-47(27-34-61(52)59)42-22-29-56(30-23-42)65(57-31-24-43(25-32-57)48-28-35-62-53(38-48)21-17-45-9-2-5-14-60(45)62)58-33-26-50-36-49(18-19-51(50)40-58)46-11-7-12-54(39-46)64-41-55-10-3-6-15-63(55)66-64/h1-41H. The van der Waals surface area contributed by atoms with E-state index < -0.39 is 0 Å². The molecule has 0 spiro atoms. The molecule has 0 N–H and O–H groups in total. The van der Waals surface area contributed by atoms with Crippen molar-refractivity contribution in [3.05, 3.63) is 249 Å². The Labute approximate surface area is 382 Å². The zero-order valence-corrected chi connectivity index (χ0v) is 36.0. The summed E-state index contributed by atoms with van der Waals surface area (Å²) in [6, 6.07) is 90.4. The van der Waals surface area contributed by atoms with Crippen molar-refractivity contribution in [3.63, 3.8) is 0 Å². The monoisotopic (exact) mass is 839 g/mol. The minimum atomic E-state index is 0.877. The molecule has 0 amide bonds. The zero-order chi connectivity index (χ0) is 43.6. The van der Waals surface area contributed by atoms with Crippen LogP contribution in [0.3, 0.4) is 0 Å². The molecule has 13 rings (SSSR count). The van der Waals surface area contributed by atoms with Crippen molar-refractivity contribution in [2.24, 2.45) is 0 Å². The van der Waals surface area contributed by atoms with Gasteiger partial charge in [-0.1, -0.05) is 176 Å². The third kappa shape index (κ3) is 6.67. The number of rotatable bonds is 7. The van der Waals surface area contributed by atoms with Crippen LogP contribution in [0, 0.1) is 0 Å². The molecule has 0 fully saturated rings. The average molecular weight is 840 g/mol. The highest BCUT2D eigenvalue weighted by molar-refractivity contribution is 6.09. The van der Waals surface area contributed by atoms with Crippen LogP contribution < -0.4 is 4.90 Å². The van der Waals surface area contributed by atoms with Crippen molar-refractivity contribution in [2.75, 3.05) is 4.90 Å². The lowest BCUT2D eigenvalue weighted by Crippen LogP contribution is -2.09. The first-order valence-electron chi connectivity index (χ1n) is 22.6. The molecule has 0 atom stereocenters. The second-order valence-corrected chi connectivity index (χ2v) is 17.3. The van der Waals surface area contributed by atoms with Gasteiger partial charge in [0.25, 0.3) is 0 Å². The van der Waals surface area contributed by atoms with Crippen molar-refractivity contribution in [2.45, 2.75) is 0 Å². The van der Waals surface area contributed by atoms with Crippen molar-refractivity contribution < 1.29 is 4.42 Å². The van der Waals surface area contributed by atoms with E-state index in [1.165, 1.54) is 81.7 Å². The molecule has 0 saturated carbocycles. The maximum absolute atomic E-state index is 6.23. The van der Waals surface area contributed by atoms with E-state index in [1.54, 1.807) is 0 Å². The molecule has 66 heavy (non-hydrogen) atoms. The third-order valence-electron chi connectivity index (χ3n) is 13.4. The molecule has 2 heteroatoms. The first kappa shape index (κ1) is 37.8. The van der Waals surface area contributed by atoms with Crippen LogP contribution in [0.25, 0.3) is 110 Å². The Morgan fingerprint density at radius 3 is 1.29 bits per heavy atom. The van der Waals surface area contributed by atoms with E-state index in [-0.39, 0.29) is 0 Å². The van der Waals surface area contributed by atoms with E-state index in [0.717, 1.165) is 44.9 Å². The van der Waals surface area contributed by atoms with Gasteiger partial charge in [-0.15, -0.1) is 0 Å². The lowest BCUT2D eigenvalue weighted by Gasteiger charge is -2.26. The highest BCUT2D eigenvalue weighted by Crippen LogP contribution is 2.40. The van der Waals surface area contributed by atoms with Gasteiger partial charge in [0.15, 0.2) is 0 Å². The molecule has 0 bridgehead atoms. The van der Waals surface area contributed by atoms with Crippen LogP contribution in [-0.2, 0) is 0 Å². The molecule has 0 aliphatic carbocycles. The molecule has 0 aliphatic rings. The second-order valence-electron chi connectivity index (χ2n) is 17.3. The van der Waals surface area contributed by atoms with Gasteiger partial charge >= 0.3 is 0 Å². The minimum absolute atomic E-state index is 0.877. The molecule has 1 aromatic heterocycles. The van der Waals surface area contributed by atoms with Gasteiger partial charge < -0.3 is 9.32 Å². The molecule has 0 saturated heterocycles. The van der Waals surface area contributed by atoms with Gasteiger partial charge in [-0.2, -0.15) is 0 Å². The Hall–Kier alpha value is -8.72. The lowest BCUT2D eigenvalue weighted by atomic mass is 9.97. The number of hydrogen-bond donors (Lipinski definition) is 0. The topological polar surface area (TPSA) is 16.4 Å². The Bertz CT molecular complexity index is 3800. The van der Waals surface area contributed by atoms with E-state index in [9.17, 15) is 0 Å². The van der Waals surface area contributed by atoms with Gasteiger partial charge in [0.05, 0.1) is 0 Å². The molecule has 308 valence electrons. The van der Waals surface area contributed by atoms with Crippen LogP contribution in [0.5, 0.6) is 0 Å². The summed E-state index contributed by atoms with van der Waals surface area (Å²) in [7, 11) is 0. The fourth-order valence-corrected chi connectivity index (χ4v) is 9.97. The van der Waals surface area contributed by atoms with E-state index in [1.807, 2.05) is 18.2 Å². The van der Waals surface area contributed by atoms with E-state index in [4.69, 9.17) is 4.42 Å². The normalized spacial score (nSPS) is 11.6. The van der Waals surface area contributed by atoms with Gasteiger partial charge in [-0.3, -0.25) is 0 Å². The van der Waals surface area contributed by atoms with E-state index in [2.05, 4.69) is 235 Å². The number of benzene rings is 12. The highest BCUT2D eigenvalue weighted by Gasteiger charge is 2.16.